The summed E-state index contributed by atoms with van der Waals surface area (Å²) in [4.78, 5) is 11.9. The number of nitrogens with one attached hydrogen (secondary N) is 2. The molecule has 0 amide bonds. The molecule has 0 saturated carbocycles. The van der Waals surface area contributed by atoms with Gasteiger partial charge in [0.2, 0.25) is 5.95 Å². The van der Waals surface area contributed by atoms with E-state index in [-0.39, 0.29) is 6.04 Å². The average Bonchev–Trinajstić information content (AvgIpc) is 2.77. The lowest BCUT2D eigenvalue weighted by atomic mass is 9.80. The molecule has 31 heavy (non-hydrogen) atoms. The Bertz CT molecular complexity index is 916. The number of aryl methyl sites for hydroxylation is 1. The molecule has 5 nitrogen and oxygen atoms in total. The second-order valence-corrected chi connectivity index (χ2v) is 9.96. The first kappa shape index (κ1) is 22.9. The summed E-state index contributed by atoms with van der Waals surface area (Å²) in [7, 11) is 0. The van der Waals surface area contributed by atoms with Gasteiger partial charge in [-0.3, -0.25) is 0 Å². The van der Waals surface area contributed by atoms with Crippen LogP contribution in [0.5, 0.6) is 0 Å². The average molecular weight is 483 g/mol. The molecular formula is C23H30Cl3N5. The van der Waals surface area contributed by atoms with Crippen molar-refractivity contribution in [2.75, 3.05) is 36.4 Å². The lowest BCUT2D eigenvalue weighted by Crippen LogP contribution is -2.42. The Morgan fingerprint density at radius 2 is 1.87 bits per heavy atom. The Morgan fingerprint density at radius 3 is 2.61 bits per heavy atom. The van der Waals surface area contributed by atoms with Crippen LogP contribution < -0.4 is 15.5 Å². The standard InChI is InChI=1S/C23H30Cl3N5/c1-14(19-6-5-18(24)12-20(19)25)28-22-21(26)15(2)29-23(30-22)31-11-3-4-17(13-31)16-7-9-27-10-8-16/h5-6,12,14,16-17,27H,3-4,7-11,13H2,1-2H3,(H,28,29,30)/t14?,17-/m1/s1. The van der Waals surface area contributed by atoms with Crippen molar-refractivity contribution in [1.29, 1.82) is 0 Å². The molecule has 2 N–H and O–H groups in total. The van der Waals surface area contributed by atoms with Gasteiger partial charge in [0.05, 0.1) is 11.7 Å². The lowest BCUT2D eigenvalue weighted by Gasteiger charge is -2.38. The number of benzene rings is 1. The van der Waals surface area contributed by atoms with E-state index in [2.05, 4.69) is 15.5 Å². The molecule has 2 aromatic rings. The molecule has 2 aliphatic heterocycles. The minimum absolute atomic E-state index is 0.0757. The van der Waals surface area contributed by atoms with Crippen molar-refractivity contribution in [3.63, 3.8) is 0 Å². The molecule has 8 heteroatoms. The van der Waals surface area contributed by atoms with Gasteiger partial charge in [0.1, 0.15) is 5.02 Å². The van der Waals surface area contributed by atoms with Crippen molar-refractivity contribution in [1.82, 2.24) is 15.3 Å². The monoisotopic (exact) mass is 481 g/mol. The van der Waals surface area contributed by atoms with E-state index >= 15 is 0 Å². The van der Waals surface area contributed by atoms with Crippen molar-refractivity contribution >= 4 is 46.6 Å². The lowest BCUT2D eigenvalue weighted by molar-refractivity contribution is 0.229. The number of nitrogens with zero attached hydrogens (tertiary/aromatic N) is 3. The summed E-state index contributed by atoms with van der Waals surface area (Å²) in [5, 5.41) is 8.70. The van der Waals surface area contributed by atoms with Crippen LogP contribution in [0.2, 0.25) is 15.1 Å². The minimum atomic E-state index is -0.0757. The fourth-order valence-electron chi connectivity index (χ4n) is 4.81. The zero-order chi connectivity index (χ0) is 22.0. The Labute approximate surface area is 199 Å². The summed E-state index contributed by atoms with van der Waals surface area (Å²) in [6, 6.07) is 5.45. The van der Waals surface area contributed by atoms with Gasteiger partial charge in [-0.2, -0.15) is 4.98 Å². The van der Waals surface area contributed by atoms with Crippen LogP contribution in [-0.4, -0.2) is 36.1 Å². The van der Waals surface area contributed by atoms with E-state index in [0.29, 0.717) is 26.8 Å². The number of halogens is 3. The summed E-state index contributed by atoms with van der Waals surface area (Å²) in [6.45, 7) is 8.25. The summed E-state index contributed by atoms with van der Waals surface area (Å²) in [6.07, 6.45) is 5.01. The second kappa shape index (κ2) is 10.1. The van der Waals surface area contributed by atoms with Crippen LogP contribution in [-0.2, 0) is 0 Å². The van der Waals surface area contributed by atoms with E-state index < -0.39 is 0 Å². The molecule has 2 atom stereocenters. The van der Waals surface area contributed by atoms with Gasteiger partial charge in [0.15, 0.2) is 5.82 Å². The van der Waals surface area contributed by atoms with Crippen molar-refractivity contribution in [3.05, 3.63) is 44.5 Å². The Hall–Kier alpha value is -1.27. The number of anilines is 2. The normalized spacial score (nSPS) is 21.2. The van der Waals surface area contributed by atoms with Crippen LogP contribution >= 0.6 is 34.8 Å². The number of aromatic nitrogens is 2. The van der Waals surface area contributed by atoms with Gasteiger partial charge in [-0.1, -0.05) is 40.9 Å². The van der Waals surface area contributed by atoms with Crippen molar-refractivity contribution in [3.8, 4) is 0 Å². The topological polar surface area (TPSA) is 53.1 Å². The Kier molecular flexibility index (Phi) is 7.48. The van der Waals surface area contributed by atoms with Gasteiger partial charge < -0.3 is 15.5 Å². The molecule has 0 bridgehead atoms. The largest absolute Gasteiger partial charge is 0.362 e. The van der Waals surface area contributed by atoms with E-state index in [9.17, 15) is 0 Å². The summed E-state index contributed by atoms with van der Waals surface area (Å²) in [5.41, 5.74) is 1.73. The van der Waals surface area contributed by atoms with E-state index in [4.69, 9.17) is 44.8 Å². The van der Waals surface area contributed by atoms with Gasteiger partial charge in [-0.25, -0.2) is 4.98 Å². The Morgan fingerprint density at radius 1 is 1.10 bits per heavy atom. The van der Waals surface area contributed by atoms with E-state index in [1.54, 1.807) is 6.07 Å². The van der Waals surface area contributed by atoms with Crippen molar-refractivity contribution in [2.45, 2.75) is 45.6 Å². The molecule has 2 fully saturated rings. The predicted octanol–water partition coefficient (Wildman–Crippen LogP) is 6.13. The predicted molar refractivity (Wildman–Crippen MR) is 131 cm³/mol. The fourth-order valence-corrected chi connectivity index (χ4v) is 5.52. The van der Waals surface area contributed by atoms with E-state index in [1.165, 1.54) is 25.7 Å². The number of hydrogen-bond donors (Lipinski definition) is 2. The number of rotatable bonds is 5. The third-order valence-electron chi connectivity index (χ3n) is 6.58. The molecule has 2 aliphatic rings. The number of piperidine rings is 2. The first-order chi connectivity index (χ1) is 14.9. The van der Waals surface area contributed by atoms with Crippen LogP contribution in [0.1, 0.15) is 49.9 Å². The molecule has 2 saturated heterocycles. The maximum Gasteiger partial charge on any atom is 0.227 e. The smallest absolute Gasteiger partial charge is 0.227 e. The molecule has 168 valence electrons. The second-order valence-electron chi connectivity index (χ2n) is 8.74. The Balaban J connectivity index is 1.53. The zero-order valence-electron chi connectivity index (χ0n) is 18.1. The molecular weight excluding hydrogens is 453 g/mol. The molecule has 1 aromatic carbocycles. The van der Waals surface area contributed by atoms with Crippen LogP contribution in [0.3, 0.4) is 0 Å². The van der Waals surface area contributed by atoms with Gasteiger partial charge in [0, 0.05) is 23.1 Å². The first-order valence-electron chi connectivity index (χ1n) is 11.1. The minimum Gasteiger partial charge on any atom is -0.362 e. The quantitative estimate of drug-likeness (QED) is 0.536. The van der Waals surface area contributed by atoms with Gasteiger partial charge >= 0.3 is 0 Å². The third-order valence-corrected chi connectivity index (χ3v) is 7.59. The molecule has 0 radical (unpaired) electrons. The van der Waals surface area contributed by atoms with E-state index in [0.717, 1.165) is 49.3 Å². The fraction of sp³-hybridized carbons (Fsp3) is 0.565. The van der Waals surface area contributed by atoms with Crippen LogP contribution in [0.4, 0.5) is 11.8 Å². The molecule has 0 aliphatic carbocycles. The first-order valence-corrected chi connectivity index (χ1v) is 12.3. The highest BCUT2D eigenvalue weighted by Gasteiger charge is 2.30. The van der Waals surface area contributed by atoms with Crippen molar-refractivity contribution in [2.24, 2.45) is 11.8 Å². The van der Waals surface area contributed by atoms with Gasteiger partial charge in [-0.05, 0) is 82.2 Å². The van der Waals surface area contributed by atoms with Crippen LogP contribution in [0, 0.1) is 18.8 Å². The zero-order valence-corrected chi connectivity index (χ0v) is 20.4. The van der Waals surface area contributed by atoms with Gasteiger partial charge in [0.25, 0.3) is 0 Å². The van der Waals surface area contributed by atoms with Crippen LogP contribution in [0.25, 0.3) is 0 Å². The maximum absolute atomic E-state index is 6.58. The summed E-state index contributed by atoms with van der Waals surface area (Å²) < 4.78 is 0. The van der Waals surface area contributed by atoms with Crippen LogP contribution in [0.15, 0.2) is 18.2 Å². The maximum atomic E-state index is 6.58. The van der Waals surface area contributed by atoms with Gasteiger partial charge in [-0.15, -0.1) is 0 Å². The number of hydrogen-bond acceptors (Lipinski definition) is 5. The SMILES string of the molecule is Cc1nc(N2CCC[C@@H](C3CCNCC3)C2)nc(NC(C)c2ccc(Cl)cc2Cl)c1Cl. The molecule has 3 heterocycles. The molecule has 4 rings (SSSR count). The van der Waals surface area contributed by atoms with Crippen molar-refractivity contribution < 1.29 is 0 Å². The molecule has 1 unspecified atom stereocenters. The molecule has 0 spiro atoms. The molecule has 1 aromatic heterocycles. The highest BCUT2D eigenvalue weighted by atomic mass is 35.5. The third kappa shape index (κ3) is 5.39. The van der Waals surface area contributed by atoms with E-state index in [1.807, 2.05) is 26.0 Å². The summed E-state index contributed by atoms with van der Waals surface area (Å²) in [5.74, 6) is 2.91. The summed E-state index contributed by atoms with van der Waals surface area (Å²) >= 11 is 19.0. The highest BCUT2D eigenvalue weighted by molar-refractivity contribution is 6.35. The highest BCUT2D eigenvalue weighted by Crippen LogP contribution is 2.34.